The summed E-state index contributed by atoms with van der Waals surface area (Å²) < 4.78 is 10.8. The zero-order valence-corrected chi connectivity index (χ0v) is 15.5. The molecule has 3 aliphatic rings. The second kappa shape index (κ2) is 7.90. The van der Waals surface area contributed by atoms with Crippen molar-refractivity contribution in [3.63, 3.8) is 0 Å². The fourth-order valence-electron chi connectivity index (χ4n) is 4.31. The first-order valence-corrected chi connectivity index (χ1v) is 10.6. The number of carbonyl (C=O) groups is 1. The molecule has 1 amide bonds. The number of hydrogen-bond acceptors (Lipinski definition) is 4. The first kappa shape index (κ1) is 17.1. The minimum Gasteiger partial charge on any atom is -0.496 e. The van der Waals surface area contributed by atoms with Crippen LogP contribution in [-0.4, -0.2) is 35.3 Å². The van der Waals surface area contributed by atoms with E-state index in [1.807, 2.05) is 6.07 Å². The van der Waals surface area contributed by atoms with Crippen LogP contribution in [0.3, 0.4) is 0 Å². The van der Waals surface area contributed by atoms with Gasteiger partial charge in [-0.05, 0) is 24.5 Å². The molecule has 0 bridgehead atoms. The zero-order chi connectivity index (χ0) is 17.1. The maximum absolute atomic E-state index is 13.3. The number of rotatable bonds is 6. The van der Waals surface area contributed by atoms with Crippen molar-refractivity contribution in [3.05, 3.63) is 36.0 Å². The van der Waals surface area contributed by atoms with Crippen LogP contribution in [0.2, 0.25) is 0 Å². The minimum atomic E-state index is 0.0475. The third-order valence-electron chi connectivity index (χ3n) is 5.72. The predicted molar refractivity (Wildman–Crippen MR) is 99.1 cm³/mol. The number of ether oxygens (including phenoxy) is 1. The van der Waals surface area contributed by atoms with Crippen LogP contribution >= 0.6 is 11.8 Å². The van der Waals surface area contributed by atoms with Crippen molar-refractivity contribution in [2.45, 2.75) is 62.0 Å². The smallest absolute Gasteiger partial charge is 0.236 e. The highest BCUT2D eigenvalue weighted by molar-refractivity contribution is 7.99. The van der Waals surface area contributed by atoms with E-state index in [1.54, 1.807) is 24.3 Å². The number of nitrogens with zero attached hydrogens (tertiary/aromatic N) is 1. The molecule has 2 atom stereocenters. The minimum absolute atomic E-state index is 0.0475. The van der Waals surface area contributed by atoms with Crippen LogP contribution < -0.4 is 0 Å². The first-order chi connectivity index (χ1) is 12.3. The number of carbonyl (C=O) groups excluding carboxylic acids is 1. The molecular formula is C20H27NO3S. The Morgan fingerprint density at radius 3 is 2.96 bits per heavy atom. The summed E-state index contributed by atoms with van der Waals surface area (Å²) in [5.74, 6) is 2.87. The molecule has 5 heteroatoms. The number of amides is 1. The topological polar surface area (TPSA) is 42.7 Å². The van der Waals surface area contributed by atoms with E-state index in [-0.39, 0.29) is 11.3 Å². The molecule has 25 heavy (non-hydrogen) atoms. The third kappa shape index (κ3) is 3.91. The van der Waals surface area contributed by atoms with Crippen molar-refractivity contribution in [3.8, 4) is 0 Å². The average molecular weight is 362 g/mol. The van der Waals surface area contributed by atoms with Crippen molar-refractivity contribution in [2.24, 2.45) is 5.92 Å². The molecule has 0 N–H and O–H groups in total. The van der Waals surface area contributed by atoms with Gasteiger partial charge in [0.25, 0.3) is 0 Å². The van der Waals surface area contributed by atoms with Crippen LogP contribution in [0, 0.1) is 5.92 Å². The quantitative estimate of drug-likeness (QED) is 0.755. The molecule has 2 aliphatic heterocycles. The van der Waals surface area contributed by atoms with E-state index >= 15 is 0 Å². The van der Waals surface area contributed by atoms with Crippen LogP contribution in [0.4, 0.5) is 0 Å². The van der Waals surface area contributed by atoms with Crippen molar-refractivity contribution >= 4 is 17.7 Å². The number of fused-ring (bicyclic) bond motifs is 1. The van der Waals surface area contributed by atoms with Crippen molar-refractivity contribution in [2.75, 3.05) is 13.2 Å². The lowest BCUT2D eigenvalue weighted by Crippen LogP contribution is -2.42. The maximum atomic E-state index is 13.3. The fourth-order valence-corrected chi connectivity index (χ4v) is 5.56. The largest absolute Gasteiger partial charge is 0.496 e. The average Bonchev–Trinajstić information content (AvgIpc) is 3.36. The molecule has 3 heterocycles. The Bertz CT molecular complexity index is 606. The van der Waals surface area contributed by atoms with E-state index < -0.39 is 0 Å². The van der Waals surface area contributed by atoms with Gasteiger partial charge in [-0.25, -0.2) is 0 Å². The fraction of sp³-hybridized carbons (Fsp3) is 0.650. The molecule has 1 aromatic rings. The summed E-state index contributed by atoms with van der Waals surface area (Å²) in [6.45, 7) is 1.46. The monoisotopic (exact) mass is 361 g/mol. The standard InChI is InChI=1S/C20H27NO3S/c22-20(21-9-6-18-17(21)8-11-24-18)19(12-15-4-2-1-3-5-15)25-14-16-7-10-23-13-16/h6-7,10,13,15,17,19H,1-5,8-9,11-12,14H2. The second-order valence-electron chi connectivity index (χ2n) is 7.42. The molecule has 1 aliphatic carbocycles. The molecular weight excluding hydrogens is 334 g/mol. The van der Waals surface area contributed by atoms with E-state index in [1.165, 1.54) is 32.1 Å². The van der Waals surface area contributed by atoms with Gasteiger partial charge in [-0.1, -0.05) is 32.1 Å². The van der Waals surface area contributed by atoms with Gasteiger partial charge < -0.3 is 14.1 Å². The lowest BCUT2D eigenvalue weighted by atomic mass is 9.86. The lowest BCUT2D eigenvalue weighted by molar-refractivity contribution is -0.131. The van der Waals surface area contributed by atoms with Crippen LogP contribution in [0.25, 0.3) is 0 Å². The molecule has 0 aromatic carbocycles. The Balaban J connectivity index is 1.42. The molecule has 0 spiro atoms. The van der Waals surface area contributed by atoms with Gasteiger partial charge in [0, 0.05) is 24.3 Å². The molecule has 0 radical (unpaired) electrons. The Hall–Kier alpha value is -1.36. The van der Waals surface area contributed by atoms with E-state index in [4.69, 9.17) is 9.15 Å². The Kier molecular flexibility index (Phi) is 5.39. The van der Waals surface area contributed by atoms with Crippen LogP contribution in [0.5, 0.6) is 0 Å². The zero-order valence-electron chi connectivity index (χ0n) is 14.7. The van der Waals surface area contributed by atoms with Gasteiger partial charge >= 0.3 is 0 Å². The van der Waals surface area contributed by atoms with Gasteiger partial charge in [0.1, 0.15) is 5.76 Å². The highest BCUT2D eigenvalue weighted by Gasteiger charge is 2.39. The van der Waals surface area contributed by atoms with Gasteiger partial charge in [0.05, 0.1) is 30.4 Å². The van der Waals surface area contributed by atoms with E-state index in [0.29, 0.717) is 18.4 Å². The first-order valence-electron chi connectivity index (χ1n) is 9.57. The number of furan rings is 1. The lowest BCUT2D eigenvalue weighted by Gasteiger charge is -2.30. The van der Waals surface area contributed by atoms with E-state index in [0.717, 1.165) is 36.5 Å². The summed E-state index contributed by atoms with van der Waals surface area (Å²) in [6, 6.07) is 2.19. The van der Waals surface area contributed by atoms with Gasteiger partial charge in [0.15, 0.2) is 0 Å². The van der Waals surface area contributed by atoms with Gasteiger partial charge in [-0.2, -0.15) is 0 Å². The maximum Gasteiger partial charge on any atom is 0.236 e. The summed E-state index contributed by atoms with van der Waals surface area (Å²) in [7, 11) is 0. The molecule has 2 unspecified atom stereocenters. The summed E-state index contributed by atoms with van der Waals surface area (Å²) in [5, 5.41) is 0.0475. The molecule has 1 saturated carbocycles. The molecule has 4 nitrogen and oxygen atoms in total. The predicted octanol–water partition coefficient (Wildman–Crippen LogP) is 4.37. The van der Waals surface area contributed by atoms with Crippen molar-refractivity contribution < 1.29 is 13.9 Å². The normalized spacial score (nSPS) is 24.7. The summed E-state index contributed by atoms with van der Waals surface area (Å²) in [4.78, 5) is 15.4. The molecule has 2 fully saturated rings. The second-order valence-corrected chi connectivity index (χ2v) is 8.61. The van der Waals surface area contributed by atoms with Crippen LogP contribution in [0.15, 0.2) is 34.8 Å². The molecule has 1 aromatic heterocycles. The summed E-state index contributed by atoms with van der Waals surface area (Å²) >= 11 is 1.79. The van der Waals surface area contributed by atoms with Gasteiger partial charge in [-0.15, -0.1) is 11.8 Å². The van der Waals surface area contributed by atoms with E-state index in [9.17, 15) is 4.79 Å². The van der Waals surface area contributed by atoms with Gasteiger partial charge in [-0.3, -0.25) is 4.79 Å². The Morgan fingerprint density at radius 1 is 1.28 bits per heavy atom. The Labute approximate surface area is 154 Å². The molecule has 136 valence electrons. The van der Waals surface area contributed by atoms with Crippen molar-refractivity contribution in [1.82, 2.24) is 4.90 Å². The van der Waals surface area contributed by atoms with Crippen molar-refractivity contribution in [1.29, 1.82) is 0 Å². The van der Waals surface area contributed by atoms with Crippen LogP contribution in [0.1, 0.15) is 50.5 Å². The number of hydrogen-bond donors (Lipinski definition) is 0. The van der Waals surface area contributed by atoms with Crippen LogP contribution in [-0.2, 0) is 15.3 Å². The summed E-state index contributed by atoms with van der Waals surface area (Å²) in [5.41, 5.74) is 1.16. The highest BCUT2D eigenvalue weighted by atomic mass is 32.2. The van der Waals surface area contributed by atoms with E-state index in [2.05, 4.69) is 11.0 Å². The summed E-state index contributed by atoms with van der Waals surface area (Å²) in [6.07, 6.45) is 14.1. The Morgan fingerprint density at radius 2 is 2.16 bits per heavy atom. The van der Waals surface area contributed by atoms with Gasteiger partial charge in [0.2, 0.25) is 5.91 Å². The number of thioether (sulfide) groups is 1. The highest BCUT2D eigenvalue weighted by Crippen LogP contribution is 2.35. The SMILES string of the molecule is O=C(C(CC1CCCCC1)SCc1ccoc1)N1CC=C2OCCC21. The molecule has 4 rings (SSSR count). The third-order valence-corrected chi connectivity index (χ3v) is 7.01. The molecule has 1 saturated heterocycles.